The smallest absolute Gasteiger partial charge is 0.322 e. The number of carbonyl (C=O) groups is 1. The number of aliphatic hydroxyl groups excluding tert-OH is 1. The van der Waals surface area contributed by atoms with Crippen LogP contribution >= 0.6 is 0 Å². The van der Waals surface area contributed by atoms with Gasteiger partial charge in [-0.3, -0.25) is 0 Å². The Bertz CT molecular complexity index is 481. The van der Waals surface area contributed by atoms with Crippen molar-refractivity contribution in [1.82, 2.24) is 4.90 Å². The summed E-state index contributed by atoms with van der Waals surface area (Å²) in [7, 11) is 0. The molecule has 0 aromatic heterocycles. The van der Waals surface area contributed by atoms with Crippen LogP contribution in [0.2, 0.25) is 0 Å². The molecule has 1 aliphatic heterocycles. The number of nitrogens with zero attached hydrogens (tertiary/aromatic N) is 1. The second-order valence-electron chi connectivity index (χ2n) is 4.75. The maximum atomic E-state index is 13.2. The molecular formula is C14H19FN2O3. The lowest BCUT2D eigenvalue weighted by atomic mass is 10.1. The van der Waals surface area contributed by atoms with Gasteiger partial charge in [-0.2, -0.15) is 0 Å². The number of anilines is 1. The molecule has 1 fully saturated rings. The van der Waals surface area contributed by atoms with Crippen LogP contribution in [0.4, 0.5) is 14.9 Å². The molecular weight excluding hydrogens is 263 g/mol. The van der Waals surface area contributed by atoms with E-state index in [0.717, 1.165) is 6.42 Å². The number of amides is 2. The molecule has 2 rings (SSSR count). The predicted octanol–water partition coefficient (Wildman–Crippen LogP) is 2.21. The van der Waals surface area contributed by atoms with E-state index in [9.17, 15) is 14.3 Å². The average molecular weight is 282 g/mol. The summed E-state index contributed by atoms with van der Waals surface area (Å²) in [5, 5.41) is 12.3. The molecule has 1 heterocycles. The van der Waals surface area contributed by atoms with Gasteiger partial charge in [0.1, 0.15) is 11.6 Å². The van der Waals surface area contributed by atoms with Crippen LogP contribution in [0, 0.1) is 5.82 Å². The largest absolute Gasteiger partial charge is 0.492 e. The highest BCUT2D eigenvalue weighted by atomic mass is 19.1. The number of likely N-dealkylation sites (tertiary alicyclic amines) is 1. The zero-order chi connectivity index (χ0) is 14.5. The molecule has 0 aliphatic carbocycles. The van der Waals surface area contributed by atoms with Gasteiger partial charge in [0.05, 0.1) is 18.4 Å². The third kappa shape index (κ3) is 3.60. The van der Waals surface area contributed by atoms with Crippen LogP contribution in [0.1, 0.15) is 19.8 Å². The summed E-state index contributed by atoms with van der Waals surface area (Å²) in [5.74, 6) is -0.113. The second kappa shape index (κ2) is 6.56. The number of carbonyl (C=O) groups excluding carboxylic acids is 1. The standard InChI is InChI=1S/C14H19FN2O3/c1-2-20-13-8-10(15)5-6-12(13)16-14(19)17-7-3-4-11(18)9-17/h5-6,8,11,18H,2-4,7,9H2,1H3,(H,16,19)/t11-/m0/s1. The normalized spacial score (nSPS) is 18.8. The molecule has 1 aromatic carbocycles. The fourth-order valence-corrected chi connectivity index (χ4v) is 2.21. The molecule has 0 saturated carbocycles. The van der Waals surface area contributed by atoms with Crippen molar-refractivity contribution < 1.29 is 19.0 Å². The molecule has 0 spiro atoms. The van der Waals surface area contributed by atoms with Crippen LogP contribution in [0.3, 0.4) is 0 Å². The Labute approximate surface area is 117 Å². The number of aliphatic hydroxyl groups is 1. The Balaban J connectivity index is 2.06. The van der Waals surface area contributed by atoms with E-state index in [0.29, 0.717) is 37.6 Å². The van der Waals surface area contributed by atoms with Gasteiger partial charge in [0.15, 0.2) is 0 Å². The molecule has 5 nitrogen and oxygen atoms in total. The second-order valence-corrected chi connectivity index (χ2v) is 4.75. The quantitative estimate of drug-likeness (QED) is 0.893. The highest BCUT2D eigenvalue weighted by molar-refractivity contribution is 5.91. The lowest BCUT2D eigenvalue weighted by Gasteiger charge is -2.30. The van der Waals surface area contributed by atoms with Crippen LogP contribution < -0.4 is 10.1 Å². The van der Waals surface area contributed by atoms with Crippen molar-refractivity contribution in [3.05, 3.63) is 24.0 Å². The fraction of sp³-hybridized carbons (Fsp3) is 0.500. The molecule has 1 aromatic rings. The van der Waals surface area contributed by atoms with Gasteiger partial charge in [-0.25, -0.2) is 9.18 Å². The monoisotopic (exact) mass is 282 g/mol. The molecule has 2 amide bonds. The third-order valence-corrected chi connectivity index (χ3v) is 3.17. The number of hydrogen-bond acceptors (Lipinski definition) is 3. The van der Waals surface area contributed by atoms with Gasteiger partial charge in [-0.05, 0) is 31.9 Å². The maximum Gasteiger partial charge on any atom is 0.322 e. The van der Waals surface area contributed by atoms with Gasteiger partial charge in [0, 0.05) is 19.2 Å². The summed E-state index contributed by atoms with van der Waals surface area (Å²) in [6, 6.07) is 3.67. The molecule has 0 bridgehead atoms. The molecule has 0 radical (unpaired) electrons. The predicted molar refractivity (Wildman–Crippen MR) is 73.4 cm³/mol. The first-order chi connectivity index (χ1) is 9.60. The Kier molecular flexibility index (Phi) is 4.79. The first kappa shape index (κ1) is 14.6. The molecule has 0 unspecified atom stereocenters. The van der Waals surface area contributed by atoms with Crippen LogP contribution in [-0.4, -0.2) is 41.8 Å². The van der Waals surface area contributed by atoms with Gasteiger partial charge in [0.25, 0.3) is 0 Å². The zero-order valence-corrected chi connectivity index (χ0v) is 11.4. The minimum absolute atomic E-state index is 0.304. The highest BCUT2D eigenvalue weighted by Gasteiger charge is 2.22. The molecule has 6 heteroatoms. The van der Waals surface area contributed by atoms with Gasteiger partial charge in [-0.15, -0.1) is 0 Å². The Morgan fingerprint density at radius 3 is 3.10 bits per heavy atom. The molecule has 1 saturated heterocycles. The van der Waals surface area contributed by atoms with Gasteiger partial charge in [0.2, 0.25) is 0 Å². The Hall–Kier alpha value is -1.82. The van der Waals surface area contributed by atoms with E-state index in [2.05, 4.69) is 5.32 Å². The van der Waals surface area contributed by atoms with E-state index in [1.165, 1.54) is 18.2 Å². The first-order valence-electron chi connectivity index (χ1n) is 6.76. The summed E-state index contributed by atoms with van der Waals surface area (Å²) in [6.45, 7) is 3.09. The molecule has 110 valence electrons. The number of hydrogen-bond donors (Lipinski definition) is 2. The van der Waals surface area contributed by atoms with E-state index in [1.807, 2.05) is 0 Å². The average Bonchev–Trinajstić information content (AvgIpc) is 2.42. The van der Waals surface area contributed by atoms with Crippen molar-refractivity contribution >= 4 is 11.7 Å². The van der Waals surface area contributed by atoms with Crippen molar-refractivity contribution in [2.24, 2.45) is 0 Å². The number of halogens is 1. The summed E-state index contributed by atoms with van der Waals surface area (Å²) < 4.78 is 18.5. The minimum Gasteiger partial charge on any atom is -0.492 e. The molecule has 1 atom stereocenters. The summed E-state index contributed by atoms with van der Waals surface area (Å²) in [4.78, 5) is 13.7. The topological polar surface area (TPSA) is 61.8 Å². The van der Waals surface area contributed by atoms with Crippen molar-refractivity contribution in [2.45, 2.75) is 25.9 Å². The number of piperidine rings is 1. The third-order valence-electron chi connectivity index (χ3n) is 3.17. The number of rotatable bonds is 3. The number of benzene rings is 1. The van der Waals surface area contributed by atoms with Gasteiger partial charge < -0.3 is 20.1 Å². The summed E-state index contributed by atoms with van der Waals surface area (Å²) >= 11 is 0. The van der Waals surface area contributed by atoms with E-state index in [1.54, 1.807) is 11.8 Å². The Morgan fingerprint density at radius 1 is 1.60 bits per heavy atom. The molecule has 2 N–H and O–H groups in total. The van der Waals surface area contributed by atoms with Crippen LogP contribution in [0.5, 0.6) is 5.75 Å². The first-order valence-corrected chi connectivity index (χ1v) is 6.76. The SMILES string of the molecule is CCOc1cc(F)ccc1NC(=O)N1CCC[C@H](O)C1. The minimum atomic E-state index is -0.478. The van der Waals surface area contributed by atoms with Crippen molar-refractivity contribution in [3.63, 3.8) is 0 Å². The maximum absolute atomic E-state index is 13.2. The fourth-order valence-electron chi connectivity index (χ4n) is 2.21. The van der Waals surface area contributed by atoms with Crippen molar-refractivity contribution in [2.75, 3.05) is 25.0 Å². The van der Waals surface area contributed by atoms with Crippen molar-refractivity contribution in [1.29, 1.82) is 0 Å². The van der Waals surface area contributed by atoms with Crippen LogP contribution in [0.15, 0.2) is 18.2 Å². The van der Waals surface area contributed by atoms with Crippen molar-refractivity contribution in [3.8, 4) is 5.75 Å². The summed E-state index contributed by atoms with van der Waals surface area (Å²) in [6.07, 6.45) is 1.01. The van der Waals surface area contributed by atoms with Crippen LogP contribution in [-0.2, 0) is 0 Å². The van der Waals surface area contributed by atoms with E-state index >= 15 is 0 Å². The Morgan fingerprint density at radius 2 is 2.40 bits per heavy atom. The van der Waals surface area contributed by atoms with Gasteiger partial charge in [-0.1, -0.05) is 0 Å². The lowest BCUT2D eigenvalue weighted by Crippen LogP contribution is -2.44. The lowest BCUT2D eigenvalue weighted by molar-refractivity contribution is 0.0883. The molecule has 20 heavy (non-hydrogen) atoms. The molecule has 1 aliphatic rings. The number of nitrogens with one attached hydrogen (secondary N) is 1. The highest BCUT2D eigenvalue weighted by Crippen LogP contribution is 2.26. The summed E-state index contributed by atoms with van der Waals surface area (Å²) in [5.41, 5.74) is 0.429. The zero-order valence-electron chi connectivity index (χ0n) is 11.4. The number of ether oxygens (including phenoxy) is 1. The van der Waals surface area contributed by atoms with E-state index in [4.69, 9.17) is 4.74 Å². The van der Waals surface area contributed by atoms with E-state index < -0.39 is 11.9 Å². The number of β-amino-alcohol motifs (C(OH)–C–C–N with tert-alkyl or cyclic N) is 1. The van der Waals surface area contributed by atoms with Gasteiger partial charge >= 0.3 is 6.03 Å². The van der Waals surface area contributed by atoms with E-state index in [-0.39, 0.29) is 6.03 Å². The van der Waals surface area contributed by atoms with Crippen LogP contribution in [0.25, 0.3) is 0 Å². The number of urea groups is 1.